The predicted octanol–water partition coefficient (Wildman–Crippen LogP) is 3.13. The van der Waals surface area contributed by atoms with Gasteiger partial charge in [-0.15, -0.1) is 0 Å². The number of aromatic nitrogens is 1. The van der Waals surface area contributed by atoms with Crippen molar-refractivity contribution >= 4 is 5.69 Å². The summed E-state index contributed by atoms with van der Waals surface area (Å²) in [5.74, 6) is -0.336. The highest BCUT2D eigenvalue weighted by Crippen LogP contribution is 2.26. The highest BCUT2D eigenvalue weighted by atomic mass is 19.1. The Hall–Kier alpha value is -2.08. The van der Waals surface area contributed by atoms with E-state index in [2.05, 4.69) is 20.8 Å². The van der Waals surface area contributed by atoms with E-state index < -0.39 is 5.63 Å². The molecule has 1 aliphatic heterocycles. The van der Waals surface area contributed by atoms with E-state index in [9.17, 15) is 9.18 Å². The van der Waals surface area contributed by atoms with Gasteiger partial charge in [0.15, 0.2) is 0 Å². The normalized spacial score (nSPS) is 15.8. The summed E-state index contributed by atoms with van der Waals surface area (Å²) in [6, 6.07) is 4.89. The SMILES string of the molecule is CC(C)(C)Cn1cc(-c2ccc(N3CCOCC3)c(F)c2)c(=O)o1. The number of morpholine rings is 1. The Morgan fingerprint density at radius 1 is 1.21 bits per heavy atom. The highest BCUT2D eigenvalue weighted by Gasteiger charge is 2.19. The molecule has 0 amide bonds. The topological polar surface area (TPSA) is 47.6 Å². The molecule has 0 N–H and O–H groups in total. The summed E-state index contributed by atoms with van der Waals surface area (Å²) in [5, 5.41) is 0. The largest absolute Gasteiger partial charge is 0.378 e. The highest BCUT2D eigenvalue weighted by molar-refractivity contribution is 5.65. The maximum absolute atomic E-state index is 14.5. The summed E-state index contributed by atoms with van der Waals surface area (Å²) in [7, 11) is 0. The Kier molecular flexibility index (Phi) is 4.49. The Bertz CT molecular complexity index is 767. The molecule has 2 heterocycles. The standard InChI is InChI=1S/C18H23FN2O3/c1-18(2,3)12-21-11-14(17(22)24-21)13-4-5-16(15(19)10-13)20-6-8-23-9-7-20/h4-5,10-11H,6-9,12H2,1-3H3. The zero-order valence-corrected chi connectivity index (χ0v) is 14.3. The minimum absolute atomic E-state index is 0.0162. The lowest BCUT2D eigenvalue weighted by Gasteiger charge is -2.29. The molecule has 24 heavy (non-hydrogen) atoms. The van der Waals surface area contributed by atoms with E-state index in [0.29, 0.717) is 49.7 Å². The first-order chi connectivity index (χ1) is 11.3. The van der Waals surface area contributed by atoms with Crippen LogP contribution in [0.3, 0.4) is 0 Å². The molecule has 5 nitrogen and oxygen atoms in total. The van der Waals surface area contributed by atoms with Crippen molar-refractivity contribution in [2.75, 3.05) is 31.2 Å². The molecule has 0 unspecified atom stereocenters. The number of benzene rings is 1. The minimum Gasteiger partial charge on any atom is -0.378 e. The second-order valence-corrected chi connectivity index (χ2v) is 7.32. The number of anilines is 1. The second-order valence-electron chi connectivity index (χ2n) is 7.32. The van der Waals surface area contributed by atoms with Gasteiger partial charge in [0.25, 0.3) is 0 Å². The molecule has 0 radical (unpaired) electrons. The van der Waals surface area contributed by atoms with Crippen LogP contribution in [0.4, 0.5) is 10.1 Å². The van der Waals surface area contributed by atoms with Crippen molar-refractivity contribution in [1.82, 2.24) is 4.74 Å². The number of ether oxygens (including phenoxy) is 1. The third-order valence-electron chi connectivity index (χ3n) is 3.93. The van der Waals surface area contributed by atoms with Crippen molar-refractivity contribution in [2.24, 2.45) is 5.41 Å². The molecule has 1 aliphatic rings. The van der Waals surface area contributed by atoms with Crippen LogP contribution >= 0.6 is 0 Å². The van der Waals surface area contributed by atoms with Crippen molar-refractivity contribution in [3.05, 3.63) is 40.6 Å². The molecule has 1 aromatic carbocycles. The second kappa shape index (κ2) is 6.43. The molecule has 3 rings (SSSR count). The third-order valence-corrected chi connectivity index (χ3v) is 3.93. The minimum atomic E-state index is -0.447. The Labute approximate surface area is 140 Å². The van der Waals surface area contributed by atoms with Crippen LogP contribution in [0.1, 0.15) is 20.8 Å². The van der Waals surface area contributed by atoms with Crippen LogP contribution in [-0.2, 0) is 11.3 Å². The maximum Gasteiger partial charge on any atom is 0.365 e. The first kappa shape index (κ1) is 16.8. The van der Waals surface area contributed by atoms with E-state index in [1.807, 2.05) is 4.90 Å². The molecule has 1 saturated heterocycles. The summed E-state index contributed by atoms with van der Waals surface area (Å²) >= 11 is 0. The van der Waals surface area contributed by atoms with Crippen LogP contribution in [0.15, 0.2) is 33.7 Å². The molecule has 1 fully saturated rings. The molecule has 0 spiro atoms. The predicted molar refractivity (Wildman–Crippen MR) is 90.8 cm³/mol. The van der Waals surface area contributed by atoms with E-state index >= 15 is 0 Å². The van der Waals surface area contributed by atoms with E-state index in [-0.39, 0.29) is 11.2 Å². The van der Waals surface area contributed by atoms with Crippen LogP contribution in [0.5, 0.6) is 0 Å². The molecular weight excluding hydrogens is 311 g/mol. The number of halogens is 1. The van der Waals surface area contributed by atoms with Crippen molar-refractivity contribution in [1.29, 1.82) is 0 Å². The number of hydrogen-bond acceptors (Lipinski definition) is 4. The van der Waals surface area contributed by atoms with Crippen LogP contribution < -0.4 is 10.5 Å². The van der Waals surface area contributed by atoms with E-state index in [1.54, 1.807) is 18.3 Å². The first-order valence-electron chi connectivity index (χ1n) is 8.17. The van der Waals surface area contributed by atoms with Crippen LogP contribution in [-0.4, -0.2) is 31.0 Å². The Morgan fingerprint density at radius 3 is 2.54 bits per heavy atom. The number of rotatable bonds is 3. The van der Waals surface area contributed by atoms with Gasteiger partial charge in [0.2, 0.25) is 0 Å². The van der Waals surface area contributed by atoms with Gasteiger partial charge in [0.1, 0.15) is 5.82 Å². The Morgan fingerprint density at radius 2 is 1.92 bits per heavy atom. The van der Waals surface area contributed by atoms with Gasteiger partial charge in [-0.05, 0) is 23.1 Å². The number of nitrogens with zero attached hydrogens (tertiary/aromatic N) is 2. The molecule has 0 aliphatic carbocycles. The first-order valence-corrected chi connectivity index (χ1v) is 8.17. The van der Waals surface area contributed by atoms with E-state index in [4.69, 9.17) is 9.26 Å². The summed E-state index contributed by atoms with van der Waals surface area (Å²) < 4.78 is 26.6. The third kappa shape index (κ3) is 3.70. The smallest absolute Gasteiger partial charge is 0.365 e. The molecule has 2 aromatic rings. The summed E-state index contributed by atoms with van der Waals surface area (Å²) in [6.45, 7) is 9.29. The molecular formula is C18H23FN2O3. The lowest BCUT2D eigenvalue weighted by atomic mass is 9.97. The number of hydrogen-bond donors (Lipinski definition) is 0. The molecule has 0 atom stereocenters. The molecule has 1 aromatic heterocycles. The molecule has 0 saturated carbocycles. The quantitative estimate of drug-likeness (QED) is 0.865. The van der Waals surface area contributed by atoms with Gasteiger partial charge in [-0.2, -0.15) is 0 Å². The average Bonchev–Trinajstić information content (AvgIpc) is 2.86. The zero-order chi connectivity index (χ0) is 17.3. The molecule has 6 heteroatoms. The Balaban J connectivity index is 1.87. The van der Waals surface area contributed by atoms with Crippen LogP contribution in [0.2, 0.25) is 0 Å². The lowest BCUT2D eigenvalue weighted by molar-refractivity contribution is 0.122. The van der Waals surface area contributed by atoms with Gasteiger partial charge in [-0.25, -0.2) is 13.9 Å². The van der Waals surface area contributed by atoms with Gasteiger partial charge in [-0.1, -0.05) is 26.8 Å². The molecule has 130 valence electrons. The van der Waals surface area contributed by atoms with Crippen LogP contribution in [0.25, 0.3) is 11.1 Å². The fraction of sp³-hybridized carbons (Fsp3) is 0.500. The van der Waals surface area contributed by atoms with E-state index in [0.717, 1.165) is 0 Å². The van der Waals surface area contributed by atoms with E-state index in [1.165, 1.54) is 10.8 Å². The van der Waals surface area contributed by atoms with Crippen molar-refractivity contribution in [2.45, 2.75) is 27.3 Å². The van der Waals surface area contributed by atoms with Crippen molar-refractivity contribution < 1.29 is 13.7 Å². The summed E-state index contributed by atoms with van der Waals surface area (Å²) in [4.78, 5) is 14.0. The lowest BCUT2D eigenvalue weighted by Crippen LogP contribution is -2.36. The van der Waals surface area contributed by atoms with Crippen molar-refractivity contribution in [3.8, 4) is 11.1 Å². The van der Waals surface area contributed by atoms with Gasteiger partial charge < -0.3 is 14.2 Å². The van der Waals surface area contributed by atoms with Crippen LogP contribution in [0, 0.1) is 11.2 Å². The maximum atomic E-state index is 14.5. The van der Waals surface area contributed by atoms with Gasteiger partial charge in [0.05, 0.1) is 37.2 Å². The van der Waals surface area contributed by atoms with Crippen molar-refractivity contribution in [3.63, 3.8) is 0 Å². The van der Waals surface area contributed by atoms with Gasteiger partial charge in [-0.3, -0.25) is 0 Å². The summed E-state index contributed by atoms with van der Waals surface area (Å²) in [6.07, 6.45) is 1.65. The van der Waals surface area contributed by atoms with Gasteiger partial charge in [0, 0.05) is 13.1 Å². The monoisotopic (exact) mass is 334 g/mol. The fourth-order valence-corrected chi connectivity index (χ4v) is 2.85. The van der Waals surface area contributed by atoms with Gasteiger partial charge >= 0.3 is 5.63 Å². The molecule has 0 bridgehead atoms. The zero-order valence-electron chi connectivity index (χ0n) is 14.3. The summed E-state index contributed by atoms with van der Waals surface area (Å²) in [5.41, 5.74) is 0.994. The average molecular weight is 334 g/mol. The fourth-order valence-electron chi connectivity index (χ4n) is 2.85.